The van der Waals surface area contributed by atoms with Gasteiger partial charge < -0.3 is 16.0 Å². The van der Waals surface area contributed by atoms with Crippen molar-refractivity contribution >= 4 is 29.2 Å². The molecular weight excluding hydrogens is 280 g/mol. The maximum Gasteiger partial charge on any atom is 0.253 e. The minimum Gasteiger partial charge on any atom is -0.370 e. The number of halogens is 1. The molecule has 110 valence electrons. The van der Waals surface area contributed by atoms with Gasteiger partial charge in [-0.15, -0.1) is 0 Å². The topological polar surface area (TPSA) is 83.1 Å². The molecule has 20 heavy (non-hydrogen) atoms. The van der Waals surface area contributed by atoms with Crippen LogP contribution in [0, 0.1) is 0 Å². The van der Waals surface area contributed by atoms with Crippen molar-refractivity contribution in [2.75, 3.05) is 25.5 Å². The van der Waals surface area contributed by atoms with E-state index in [-0.39, 0.29) is 29.8 Å². The van der Waals surface area contributed by atoms with Crippen LogP contribution in [0.4, 0.5) is 5.82 Å². The Balaban J connectivity index is 2.64. The van der Waals surface area contributed by atoms with E-state index in [1.54, 1.807) is 13.1 Å². The molecule has 1 rings (SSSR count). The summed E-state index contributed by atoms with van der Waals surface area (Å²) in [6, 6.07) is 1.60. The van der Waals surface area contributed by atoms with E-state index < -0.39 is 0 Å². The van der Waals surface area contributed by atoms with Gasteiger partial charge in [0, 0.05) is 32.8 Å². The standard InChI is InChI=1S/C13H19ClN4O2/c1-3-5-16-11-7-9(10(14)8-18-11)13(20)17-6-4-12(19)15-2/h7-8H,3-6H2,1-2H3,(H,15,19)(H,16,18)(H,17,20). The second-order valence-corrected chi connectivity index (χ2v) is 4.56. The Kier molecular flexibility index (Phi) is 6.79. The third-order valence-corrected chi connectivity index (χ3v) is 2.87. The molecule has 2 amide bonds. The first-order valence-electron chi connectivity index (χ1n) is 6.46. The number of nitrogens with one attached hydrogen (secondary N) is 3. The molecule has 0 saturated heterocycles. The van der Waals surface area contributed by atoms with Crippen molar-refractivity contribution in [3.8, 4) is 0 Å². The molecule has 0 atom stereocenters. The van der Waals surface area contributed by atoms with Gasteiger partial charge in [0.2, 0.25) is 5.91 Å². The number of aromatic nitrogens is 1. The van der Waals surface area contributed by atoms with Crippen LogP contribution in [0.5, 0.6) is 0 Å². The highest BCUT2D eigenvalue weighted by Gasteiger charge is 2.12. The van der Waals surface area contributed by atoms with Gasteiger partial charge >= 0.3 is 0 Å². The molecule has 1 heterocycles. The molecule has 0 aliphatic carbocycles. The number of amides is 2. The van der Waals surface area contributed by atoms with Crippen molar-refractivity contribution in [2.45, 2.75) is 19.8 Å². The van der Waals surface area contributed by atoms with Gasteiger partial charge in [0.25, 0.3) is 5.91 Å². The minimum atomic E-state index is -0.319. The van der Waals surface area contributed by atoms with Crippen molar-refractivity contribution in [1.29, 1.82) is 0 Å². The summed E-state index contributed by atoms with van der Waals surface area (Å²) in [5.41, 5.74) is 0.345. The second kappa shape index (κ2) is 8.37. The Morgan fingerprint density at radius 1 is 1.35 bits per heavy atom. The van der Waals surface area contributed by atoms with Crippen LogP contribution in [0.3, 0.4) is 0 Å². The van der Waals surface area contributed by atoms with Crippen molar-refractivity contribution in [2.24, 2.45) is 0 Å². The predicted octanol–water partition coefficient (Wildman–Crippen LogP) is 1.42. The Morgan fingerprint density at radius 3 is 2.75 bits per heavy atom. The zero-order valence-electron chi connectivity index (χ0n) is 11.6. The third-order valence-electron chi connectivity index (χ3n) is 2.57. The van der Waals surface area contributed by atoms with E-state index in [2.05, 4.69) is 20.9 Å². The smallest absolute Gasteiger partial charge is 0.253 e. The number of pyridine rings is 1. The highest BCUT2D eigenvalue weighted by molar-refractivity contribution is 6.33. The van der Waals surface area contributed by atoms with Crippen molar-refractivity contribution in [3.05, 3.63) is 22.8 Å². The average Bonchev–Trinajstić information content (AvgIpc) is 2.45. The van der Waals surface area contributed by atoms with Gasteiger partial charge in [-0.25, -0.2) is 4.98 Å². The molecular formula is C13H19ClN4O2. The molecule has 0 unspecified atom stereocenters. The monoisotopic (exact) mass is 298 g/mol. The summed E-state index contributed by atoms with van der Waals surface area (Å²) in [7, 11) is 1.55. The largest absolute Gasteiger partial charge is 0.370 e. The molecule has 0 bridgehead atoms. The first-order valence-corrected chi connectivity index (χ1v) is 6.84. The van der Waals surface area contributed by atoms with Crippen LogP contribution >= 0.6 is 11.6 Å². The highest BCUT2D eigenvalue weighted by Crippen LogP contribution is 2.17. The van der Waals surface area contributed by atoms with Gasteiger partial charge in [0.05, 0.1) is 10.6 Å². The van der Waals surface area contributed by atoms with Crippen LogP contribution in [0.25, 0.3) is 0 Å². The lowest BCUT2D eigenvalue weighted by atomic mass is 10.2. The van der Waals surface area contributed by atoms with Crippen LogP contribution in [0.1, 0.15) is 30.1 Å². The summed E-state index contributed by atoms with van der Waals surface area (Å²) in [4.78, 5) is 27.1. The maximum atomic E-state index is 12.0. The predicted molar refractivity (Wildman–Crippen MR) is 79.0 cm³/mol. The number of carbonyl (C=O) groups is 2. The van der Waals surface area contributed by atoms with Crippen molar-refractivity contribution in [1.82, 2.24) is 15.6 Å². The minimum absolute atomic E-state index is 0.128. The van der Waals surface area contributed by atoms with Crippen LogP contribution in [0.15, 0.2) is 12.3 Å². The second-order valence-electron chi connectivity index (χ2n) is 4.16. The summed E-state index contributed by atoms with van der Waals surface area (Å²) in [6.45, 7) is 3.07. The van der Waals surface area contributed by atoms with E-state index in [0.717, 1.165) is 13.0 Å². The molecule has 7 heteroatoms. The summed E-state index contributed by atoms with van der Waals surface area (Å²) in [5, 5.41) is 8.50. The normalized spacial score (nSPS) is 9.95. The number of carbonyl (C=O) groups excluding carboxylic acids is 2. The van der Waals surface area contributed by atoms with Gasteiger partial charge in [-0.05, 0) is 12.5 Å². The lowest BCUT2D eigenvalue weighted by molar-refractivity contribution is -0.120. The van der Waals surface area contributed by atoms with Gasteiger partial charge in [-0.3, -0.25) is 9.59 Å². The third kappa shape index (κ3) is 5.05. The molecule has 0 spiro atoms. The molecule has 1 aromatic heterocycles. The number of anilines is 1. The molecule has 6 nitrogen and oxygen atoms in total. The van der Waals surface area contributed by atoms with E-state index in [0.29, 0.717) is 11.4 Å². The van der Waals surface area contributed by atoms with Gasteiger partial charge in [-0.1, -0.05) is 18.5 Å². The Bertz CT molecular complexity index is 479. The zero-order chi connectivity index (χ0) is 15.0. The van der Waals surface area contributed by atoms with E-state index in [9.17, 15) is 9.59 Å². The highest BCUT2D eigenvalue weighted by atomic mass is 35.5. The van der Waals surface area contributed by atoms with E-state index >= 15 is 0 Å². The maximum absolute atomic E-state index is 12.0. The summed E-state index contributed by atoms with van der Waals surface area (Å²) in [5.74, 6) is 0.157. The molecule has 0 aromatic carbocycles. The summed E-state index contributed by atoms with van der Waals surface area (Å²) < 4.78 is 0. The zero-order valence-corrected chi connectivity index (χ0v) is 12.4. The van der Waals surface area contributed by atoms with Crippen molar-refractivity contribution in [3.63, 3.8) is 0 Å². The SMILES string of the molecule is CCCNc1cc(C(=O)NCCC(=O)NC)c(Cl)cn1. The Hall–Kier alpha value is -1.82. The van der Waals surface area contributed by atoms with Gasteiger partial charge in [0.1, 0.15) is 5.82 Å². The van der Waals surface area contributed by atoms with Crippen LogP contribution < -0.4 is 16.0 Å². The fourth-order valence-electron chi connectivity index (χ4n) is 1.47. The lowest BCUT2D eigenvalue weighted by Crippen LogP contribution is -2.29. The summed E-state index contributed by atoms with van der Waals surface area (Å²) >= 11 is 5.96. The van der Waals surface area contributed by atoms with Crippen LogP contribution in [0.2, 0.25) is 5.02 Å². The number of nitrogens with zero attached hydrogens (tertiary/aromatic N) is 1. The molecule has 0 saturated carbocycles. The Labute approximate surface area is 123 Å². The average molecular weight is 299 g/mol. The number of hydrogen-bond acceptors (Lipinski definition) is 4. The van der Waals surface area contributed by atoms with Crippen LogP contribution in [-0.4, -0.2) is 36.9 Å². The lowest BCUT2D eigenvalue weighted by Gasteiger charge is -2.09. The van der Waals surface area contributed by atoms with E-state index in [1.165, 1.54) is 6.20 Å². The fourth-order valence-corrected chi connectivity index (χ4v) is 1.66. The molecule has 0 fully saturated rings. The van der Waals surface area contributed by atoms with Gasteiger partial charge in [0.15, 0.2) is 0 Å². The molecule has 1 aromatic rings. The first-order chi connectivity index (χ1) is 9.58. The summed E-state index contributed by atoms with van der Waals surface area (Å²) in [6.07, 6.45) is 2.62. The van der Waals surface area contributed by atoms with E-state index in [4.69, 9.17) is 11.6 Å². The Morgan fingerprint density at radius 2 is 2.10 bits per heavy atom. The molecule has 3 N–H and O–H groups in total. The molecule has 0 aliphatic heterocycles. The number of hydrogen-bond donors (Lipinski definition) is 3. The quantitative estimate of drug-likeness (QED) is 0.711. The van der Waals surface area contributed by atoms with Gasteiger partial charge in [-0.2, -0.15) is 0 Å². The number of rotatable bonds is 7. The fraction of sp³-hybridized carbons (Fsp3) is 0.462. The van der Waals surface area contributed by atoms with Crippen LogP contribution in [-0.2, 0) is 4.79 Å². The van der Waals surface area contributed by atoms with E-state index in [1.807, 2.05) is 6.92 Å². The molecule has 0 radical (unpaired) electrons. The first kappa shape index (κ1) is 16.2. The molecule has 0 aliphatic rings. The van der Waals surface area contributed by atoms with Crippen molar-refractivity contribution < 1.29 is 9.59 Å².